The predicted molar refractivity (Wildman–Crippen MR) is 97.7 cm³/mol. The molecular formula is C17H33N5O2. The quantitative estimate of drug-likeness (QED) is 0.360. The molecule has 0 bridgehead atoms. The van der Waals surface area contributed by atoms with Gasteiger partial charge in [-0.15, -0.1) is 0 Å². The zero-order valence-electron chi connectivity index (χ0n) is 15.8. The maximum Gasteiger partial charge on any atom is 0.191 e. The molecule has 0 spiro atoms. The van der Waals surface area contributed by atoms with Crippen LogP contribution in [0.2, 0.25) is 0 Å². The number of hydrogen-bond acceptors (Lipinski definition) is 5. The van der Waals surface area contributed by atoms with Crippen molar-refractivity contribution < 1.29 is 9.26 Å². The Bertz CT molecular complexity index is 468. The minimum atomic E-state index is 0.768. The van der Waals surface area contributed by atoms with Gasteiger partial charge in [-0.05, 0) is 40.7 Å². The normalized spacial score (nSPS) is 12.0. The highest BCUT2D eigenvalue weighted by Gasteiger charge is 2.08. The molecule has 0 amide bonds. The van der Waals surface area contributed by atoms with Crippen LogP contribution in [0, 0.1) is 13.8 Å². The molecule has 0 fully saturated rings. The van der Waals surface area contributed by atoms with E-state index in [9.17, 15) is 0 Å². The van der Waals surface area contributed by atoms with E-state index in [4.69, 9.17) is 9.26 Å². The number of rotatable bonds is 11. The number of likely N-dealkylation sites (N-methyl/N-ethyl adjacent to an activating group) is 1. The fourth-order valence-corrected chi connectivity index (χ4v) is 2.43. The van der Waals surface area contributed by atoms with Crippen molar-refractivity contribution in [3.63, 3.8) is 0 Å². The van der Waals surface area contributed by atoms with Crippen molar-refractivity contribution >= 4 is 5.96 Å². The van der Waals surface area contributed by atoms with Gasteiger partial charge < -0.3 is 24.8 Å². The second kappa shape index (κ2) is 11.9. The minimum Gasteiger partial charge on any atom is -0.385 e. The Kier molecular flexibility index (Phi) is 10.1. The van der Waals surface area contributed by atoms with Crippen molar-refractivity contribution in [1.29, 1.82) is 0 Å². The lowest BCUT2D eigenvalue weighted by atomic mass is 10.1. The molecule has 0 aliphatic rings. The lowest BCUT2D eigenvalue weighted by molar-refractivity contribution is 0.180. The summed E-state index contributed by atoms with van der Waals surface area (Å²) < 4.78 is 10.3. The first kappa shape index (κ1) is 20.4. The number of methoxy groups -OCH3 is 1. The van der Waals surface area contributed by atoms with Crippen LogP contribution in [-0.2, 0) is 11.2 Å². The minimum absolute atomic E-state index is 0.768. The average molecular weight is 339 g/mol. The standard InChI is InChI=1S/C17H33N5O2/c1-6-18-17(20-10-12-22(4)11-7-13-23-5)19-9-8-16-14(2)21-24-15(16)3/h6-13H2,1-5H3,(H2,18,19,20). The maximum atomic E-state index is 5.19. The van der Waals surface area contributed by atoms with Gasteiger partial charge in [0.2, 0.25) is 0 Å². The van der Waals surface area contributed by atoms with Crippen LogP contribution in [0.4, 0.5) is 0 Å². The van der Waals surface area contributed by atoms with Crippen LogP contribution in [0.1, 0.15) is 30.4 Å². The molecular weight excluding hydrogens is 306 g/mol. The molecule has 138 valence electrons. The first-order chi connectivity index (χ1) is 11.6. The van der Waals surface area contributed by atoms with E-state index < -0.39 is 0 Å². The molecule has 1 aromatic rings. The molecule has 0 saturated heterocycles. The van der Waals surface area contributed by atoms with Crippen molar-refractivity contribution in [3.8, 4) is 0 Å². The molecule has 0 saturated carbocycles. The third-order valence-electron chi connectivity index (χ3n) is 3.83. The summed E-state index contributed by atoms with van der Waals surface area (Å²) in [5.41, 5.74) is 2.14. The number of aliphatic imine (C=N–C) groups is 1. The van der Waals surface area contributed by atoms with Crippen LogP contribution in [-0.4, -0.2) is 69.5 Å². The molecule has 24 heavy (non-hydrogen) atoms. The van der Waals surface area contributed by atoms with E-state index in [1.165, 1.54) is 5.56 Å². The van der Waals surface area contributed by atoms with E-state index in [0.29, 0.717) is 0 Å². The molecule has 1 rings (SSSR count). The Morgan fingerprint density at radius 2 is 2.08 bits per heavy atom. The molecule has 2 N–H and O–H groups in total. The van der Waals surface area contributed by atoms with E-state index in [2.05, 4.69) is 39.7 Å². The second-order valence-corrected chi connectivity index (χ2v) is 5.89. The maximum absolute atomic E-state index is 5.19. The van der Waals surface area contributed by atoms with Crippen molar-refractivity contribution in [2.45, 2.75) is 33.6 Å². The van der Waals surface area contributed by atoms with Gasteiger partial charge in [-0.1, -0.05) is 5.16 Å². The van der Waals surface area contributed by atoms with Gasteiger partial charge in [0.1, 0.15) is 5.76 Å². The fraction of sp³-hybridized carbons (Fsp3) is 0.765. The van der Waals surface area contributed by atoms with Crippen LogP contribution in [0.25, 0.3) is 0 Å². The fourth-order valence-electron chi connectivity index (χ4n) is 2.43. The van der Waals surface area contributed by atoms with Crippen LogP contribution < -0.4 is 10.6 Å². The van der Waals surface area contributed by atoms with E-state index >= 15 is 0 Å². The van der Waals surface area contributed by atoms with Crippen LogP contribution in [0.15, 0.2) is 9.52 Å². The van der Waals surface area contributed by atoms with Gasteiger partial charge in [0.15, 0.2) is 5.96 Å². The first-order valence-corrected chi connectivity index (χ1v) is 8.69. The second-order valence-electron chi connectivity index (χ2n) is 5.89. The summed E-state index contributed by atoms with van der Waals surface area (Å²) in [6, 6.07) is 0. The number of ether oxygens (including phenoxy) is 1. The Hall–Kier alpha value is -1.60. The third-order valence-corrected chi connectivity index (χ3v) is 3.83. The van der Waals surface area contributed by atoms with Gasteiger partial charge in [-0.3, -0.25) is 4.99 Å². The lowest BCUT2D eigenvalue weighted by Gasteiger charge is -2.16. The molecule has 0 atom stereocenters. The Morgan fingerprint density at radius 3 is 2.71 bits per heavy atom. The van der Waals surface area contributed by atoms with Gasteiger partial charge >= 0.3 is 0 Å². The summed E-state index contributed by atoms with van der Waals surface area (Å²) in [5.74, 6) is 1.75. The molecule has 0 aromatic carbocycles. The van der Waals surface area contributed by atoms with Crippen molar-refractivity contribution in [2.24, 2.45) is 4.99 Å². The summed E-state index contributed by atoms with van der Waals surface area (Å²) in [6.07, 6.45) is 1.93. The number of aryl methyl sites for hydroxylation is 2. The SMILES string of the molecule is CCNC(=NCCN(C)CCCOC)NCCc1c(C)noc1C. The Balaban J connectivity index is 2.34. The first-order valence-electron chi connectivity index (χ1n) is 8.69. The largest absolute Gasteiger partial charge is 0.385 e. The van der Waals surface area contributed by atoms with Gasteiger partial charge in [-0.25, -0.2) is 0 Å². The molecule has 1 aromatic heterocycles. The van der Waals surface area contributed by atoms with Crippen molar-refractivity contribution in [1.82, 2.24) is 20.7 Å². The Morgan fingerprint density at radius 1 is 1.29 bits per heavy atom. The summed E-state index contributed by atoms with van der Waals surface area (Å²) >= 11 is 0. The van der Waals surface area contributed by atoms with Crippen molar-refractivity contribution in [3.05, 3.63) is 17.0 Å². The average Bonchev–Trinajstić information content (AvgIpc) is 2.87. The molecule has 7 nitrogen and oxygen atoms in total. The summed E-state index contributed by atoms with van der Waals surface area (Å²) in [5, 5.41) is 10.6. The van der Waals surface area contributed by atoms with E-state index in [1.54, 1.807) is 7.11 Å². The third kappa shape index (κ3) is 7.79. The van der Waals surface area contributed by atoms with Crippen molar-refractivity contribution in [2.75, 3.05) is 53.5 Å². The zero-order chi connectivity index (χ0) is 17.8. The highest BCUT2D eigenvalue weighted by atomic mass is 16.5. The highest BCUT2D eigenvalue weighted by molar-refractivity contribution is 5.79. The van der Waals surface area contributed by atoms with Gasteiger partial charge in [0.05, 0.1) is 12.2 Å². The molecule has 7 heteroatoms. The highest BCUT2D eigenvalue weighted by Crippen LogP contribution is 2.11. The van der Waals surface area contributed by atoms with E-state index in [1.807, 2.05) is 13.8 Å². The monoisotopic (exact) mass is 339 g/mol. The number of nitrogens with one attached hydrogen (secondary N) is 2. The van der Waals surface area contributed by atoms with Crippen LogP contribution in [0.5, 0.6) is 0 Å². The summed E-state index contributed by atoms with van der Waals surface area (Å²) in [4.78, 5) is 6.90. The van der Waals surface area contributed by atoms with Crippen LogP contribution >= 0.6 is 0 Å². The Labute approximate surface area is 145 Å². The molecule has 0 radical (unpaired) electrons. The summed E-state index contributed by atoms with van der Waals surface area (Å²) in [6.45, 7) is 11.2. The van der Waals surface area contributed by atoms with E-state index in [-0.39, 0.29) is 0 Å². The zero-order valence-corrected chi connectivity index (χ0v) is 15.8. The topological polar surface area (TPSA) is 74.9 Å². The number of hydrogen-bond donors (Lipinski definition) is 2. The number of guanidine groups is 1. The molecule has 1 heterocycles. The molecule has 0 aliphatic carbocycles. The smallest absolute Gasteiger partial charge is 0.191 e. The molecule has 0 unspecified atom stereocenters. The van der Waals surface area contributed by atoms with Gasteiger partial charge in [0, 0.05) is 45.5 Å². The molecule has 0 aliphatic heterocycles. The van der Waals surface area contributed by atoms with Gasteiger partial charge in [0.25, 0.3) is 0 Å². The lowest BCUT2D eigenvalue weighted by Crippen LogP contribution is -2.39. The predicted octanol–water partition coefficient (Wildman–Crippen LogP) is 1.36. The summed E-state index contributed by atoms with van der Waals surface area (Å²) in [7, 11) is 3.85. The van der Waals surface area contributed by atoms with Crippen LogP contribution in [0.3, 0.4) is 0 Å². The number of nitrogens with zero attached hydrogens (tertiary/aromatic N) is 3. The number of aromatic nitrogens is 1. The van der Waals surface area contributed by atoms with E-state index in [0.717, 1.165) is 69.6 Å². The van der Waals surface area contributed by atoms with Gasteiger partial charge in [-0.2, -0.15) is 0 Å².